The maximum absolute atomic E-state index is 12.7. The summed E-state index contributed by atoms with van der Waals surface area (Å²) in [6.07, 6.45) is 4.59. The Balaban J connectivity index is 1.29. The van der Waals surface area contributed by atoms with E-state index in [2.05, 4.69) is 0 Å². The summed E-state index contributed by atoms with van der Waals surface area (Å²) in [6, 6.07) is 9.94. The number of carbonyl (C=O) groups excluding carboxylic acids is 1. The van der Waals surface area contributed by atoms with Crippen LogP contribution in [0.5, 0.6) is 5.75 Å². The van der Waals surface area contributed by atoms with E-state index < -0.39 is 0 Å². The molecule has 3 heterocycles. The van der Waals surface area contributed by atoms with Crippen LogP contribution >= 0.6 is 0 Å². The average molecular weight is 345 g/mol. The number of piperidine rings is 1. The standard InChI is InChI=1S/C20H27NO4/c22-19(16-6-12-23-13-7-16)21-10-8-20(9-11-21)14-18(15-24-20)25-17-4-2-1-3-5-17/h1-5,16,18H,6-15H2/t18-/m0/s1. The van der Waals surface area contributed by atoms with Gasteiger partial charge in [0.2, 0.25) is 5.91 Å². The fourth-order valence-electron chi connectivity index (χ4n) is 4.26. The lowest BCUT2D eigenvalue weighted by atomic mass is 9.87. The summed E-state index contributed by atoms with van der Waals surface area (Å²) in [7, 11) is 0. The molecule has 0 unspecified atom stereocenters. The molecule has 136 valence electrons. The summed E-state index contributed by atoms with van der Waals surface area (Å²) in [5, 5.41) is 0. The van der Waals surface area contributed by atoms with Crippen molar-refractivity contribution < 1.29 is 19.0 Å². The summed E-state index contributed by atoms with van der Waals surface area (Å²) >= 11 is 0. The molecule has 3 aliphatic heterocycles. The van der Waals surface area contributed by atoms with Crippen LogP contribution in [0.15, 0.2) is 30.3 Å². The largest absolute Gasteiger partial charge is 0.488 e. The van der Waals surface area contributed by atoms with Crippen LogP contribution in [0.1, 0.15) is 32.1 Å². The molecule has 25 heavy (non-hydrogen) atoms. The van der Waals surface area contributed by atoms with E-state index in [-0.39, 0.29) is 17.6 Å². The average Bonchev–Trinajstić information content (AvgIpc) is 3.05. The Morgan fingerprint density at radius 3 is 2.56 bits per heavy atom. The Hall–Kier alpha value is -1.59. The highest BCUT2D eigenvalue weighted by Crippen LogP contribution is 2.38. The summed E-state index contributed by atoms with van der Waals surface area (Å²) in [4.78, 5) is 14.7. The van der Waals surface area contributed by atoms with Crippen LogP contribution in [0.2, 0.25) is 0 Å². The van der Waals surface area contributed by atoms with E-state index in [1.807, 2.05) is 35.2 Å². The van der Waals surface area contributed by atoms with Gasteiger partial charge in [-0.1, -0.05) is 18.2 Å². The lowest BCUT2D eigenvalue weighted by molar-refractivity contribution is -0.143. The predicted octanol–water partition coefficient (Wildman–Crippen LogP) is 2.64. The fraction of sp³-hybridized carbons (Fsp3) is 0.650. The first-order valence-electron chi connectivity index (χ1n) is 9.46. The number of hydrogen-bond donors (Lipinski definition) is 0. The molecule has 1 amide bonds. The van der Waals surface area contributed by atoms with Crippen molar-refractivity contribution >= 4 is 5.91 Å². The third kappa shape index (κ3) is 3.82. The Labute approximate surface area is 149 Å². The SMILES string of the molecule is O=C(C1CCOCC1)N1CCC2(CC1)C[C@H](Oc1ccccc1)CO2. The third-order valence-electron chi connectivity index (χ3n) is 5.78. The van der Waals surface area contributed by atoms with Gasteiger partial charge in [0, 0.05) is 38.6 Å². The Morgan fingerprint density at radius 2 is 1.84 bits per heavy atom. The second-order valence-electron chi connectivity index (χ2n) is 7.46. The summed E-state index contributed by atoms with van der Waals surface area (Å²) in [6.45, 7) is 3.68. The van der Waals surface area contributed by atoms with Crippen LogP contribution < -0.4 is 4.74 Å². The van der Waals surface area contributed by atoms with Gasteiger partial charge in [-0.2, -0.15) is 0 Å². The van der Waals surface area contributed by atoms with Crippen LogP contribution in [0.25, 0.3) is 0 Å². The number of para-hydroxylation sites is 1. The molecule has 0 bridgehead atoms. The lowest BCUT2D eigenvalue weighted by Crippen LogP contribution is -2.49. The van der Waals surface area contributed by atoms with Gasteiger partial charge in [-0.05, 0) is 37.8 Å². The van der Waals surface area contributed by atoms with E-state index in [1.165, 1.54) is 0 Å². The number of ether oxygens (including phenoxy) is 3. The van der Waals surface area contributed by atoms with Gasteiger partial charge in [-0.3, -0.25) is 4.79 Å². The number of nitrogens with zero attached hydrogens (tertiary/aromatic N) is 1. The van der Waals surface area contributed by atoms with Gasteiger partial charge in [0.1, 0.15) is 11.9 Å². The first-order chi connectivity index (χ1) is 12.2. The highest BCUT2D eigenvalue weighted by molar-refractivity contribution is 5.79. The zero-order chi connectivity index (χ0) is 17.1. The molecule has 0 radical (unpaired) electrons. The molecule has 1 aromatic carbocycles. The maximum atomic E-state index is 12.7. The van der Waals surface area contributed by atoms with E-state index >= 15 is 0 Å². The zero-order valence-electron chi connectivity index (χ0n) is 14.7. The molecule has 4 rings (SSSR count). The van der Waals surface area contributed by atoms with Crippen molar-refractivity contribution in [2.24, 2.45) is 5.92 Å². The van der Waals surface area contributed by atoms with Crippen molar-refractivity contribution in [3.63, 3.8) is 0 Å². The van der Waals surface area contributed by atoms with Gasteiger partial charge in [0.15, 0.2) is 0 Å². The minimum absolute atomic E-state index is 0.105. The normalized spacial score (nSPS) is 26.7. The monoisotopic (exact) mass is 345 g/mol. The highest BCUT2D eigenvalue weighted by atomic mass is 16.6. The van der Waals surface area contributed by atoms with Crippen molar-refractivity contribution in [1.82, 2.24) is 4.90 Å². The molecule has 0 saturated carbocycles. The van der Waals surface area contributed by atoms with Gasteiger partial charge in [-0.25, -0.2) is 0 Å². The molecule has 1 aromatic rings. The van der Waals surface area contributed by atoms with Gasteiger partial charge in [0.05, 0.1) is 12.2 Å². The van der Waals surface area contributed by atoms with Gasteiger partial charge in [-0.15, -0.1) is 0 Å². The molecule has 0 aliphatic carbocycles. The van der Waals surface area contributed by atoms with E-state index in [1.54, 1.807) is 0 Å². The van der Waals surface area contributed by atoms with E-state index in [4.69, 9.17) is 14.2 Å². The highest BCUT2D eigenvalue weighted by Gasteiger charge is 2.44. The van der Waals surface area contributed by atoms with E-state index in [0.29, 0.717) is 12.5 Å². The lowest BCUT2D eigenvalue weighted by Gasteiger charge is -2.40. The summed E-state index contributed by atoms with van der Waals surface area (Å²) in [5.41, 5.74) is -0.105. The second-order valence-corrected chi connectivity index (χ2v) is 7.46. The number of benzene rings is 1. The minimum Gasteiger partial charge on any atom is -0.488 e. The van der Waals surface area contributed by atoms with Crippen LogP contribution in [0.3, 0.4) is 0 Å². The van der Waals surface area contributed by atoms with Crippen molar-refractivity contribution in [2.45, 2.75) is 43.8 Å². The first kappa shape index (κ1) is 16.9. The Bertz CT molecular complexity index is 577. The van der Waals surface area contributed by atoms with Crippen LogP contribution in [-0.2, 0) is 14.3 Å². The first-order valence-corrected chi connectivity index (χ1v) is 9.46. The van der Waals surface area contributed by atoms with Crippen LogP contribution in [0, 0.1) is 5.92 Å². The number of hydrogen-bond acceptors (Lipinski definition) is 4. The van der Waals surface area contributed by atoms with E-state index in [9.17, 15) is 4.79 Å². The molecule has 5 nitrogen and oxygen atoms in total. The molecular weight excluding hydrogens is 318 g/mol. The molecule has 0 N–H and O–H groups in total. The van der Waals surface area contributed by atoms with Crippen LogP contribution in [-0.4, -0.2) is 55.4 Å². The van der Waals surface area contributed by atoms with Gasteiger partial charge in [0.25, 0.3) is 0 Å². The molecule has 3 fully saturated rings. The van der Waals surface area contributed by atoms with E-state index in [0.717, 1.165) is 64.2 Å². The summed E-state index contributed by atoms with van der Waals surface area (Å²) in [5.74, 6) is 1.37. The predicted molar refractivity (Wildman–Crippen MR) is 93.5 cm³/mol. The second kappa shape index (κ2) is 7.34. The molecular formula is C20H27NO4. The quantitative estimate of drug-likeness (QED) is 0.845. The maximum Gasteiger partial charge on any atom is 0.225 e. The van der Waals surface area contributed by atoms with Crippen molar-refractivity contribution in [3.05, 3.63) is 30.3 Å². The Kier molecular flexibility index (Phi) is 4.95. The molecule has 1 atom stereocenters. The number of likely N-dealkylation sites (tertiary alicyclic amines) is 1. The fourth-order valence-corrected chi connectivity index (χ4v) is 4.26. The number of amides is 1. The van der Waals surface area contributed by atoms with Crippen molar-refractivity contribution in [3.8, 4) is 5.75 Å². The van der Waals surface area contributed by atoms with Crippen molar-refractivity contribution in [2.75, 3.05) is 32.9 Å². The minimum atomic E-state index is -0.105. The van der Waals surface area contributed by atoms with Crippen LogP contribution in [0.4, 0.5) is 0 Å². The topological polar surface area (TPSA) is 48.0 Å². The number of carbonyl (C=O) groups is 1. The Morgan fingerprint density at radius 1 is 1.12 bits per heavy atom. The molecule has 3 aliphatic rings. The number of rotatable bonds is 3. The molecule has 5 heteroatoms. The third-order valence-corrected chi connectivity index (χ3v) is 5.78. The van der Waals surface area contributed by atoms with Gasteiger partial charge >= 0.3 is 0 Å². The molecule has 0 aromatic heterocycles. The van der Waals surface area contributed by atoms with Crippen molar-refractivity contribution in [1.29, 1.82) is 0 Å². The van der Waals surface area contributed by atoms with Gasteiger partial charge < -0.3 is 19.1 Å². The molecule has 3 saturated heterocycles. The summed E-state index contributed by atoms with van der Waals surface area (Å²) < 4.78 is 17.6. The molecule has 1 spiro atoms. The smallest absolute Gasteiger partial charge is 0.225 e. The zero-order valence-corrected chi connectivity index (χ0v) is 14.7.